The predicted molar refractivity (Wildman–Crippen MR) is 106 cm³/mol. The van der Waals surface area contributed by atoms with Gasteiger partial charge in [-0.2, -0.15) is 9.11 Å². The van der Waals surface area contributed by atoms with Crippen LogP contribution in [0.4, 0.5) is 5.69 Å². The maximum Gasteiger partial charge on any atom is 0.387 e. The number of hydrogen-bond donors (Lipinski definition) is 5. The largest absolute Gasteiger partial charge is 0.505 e. The van der Waals surface area contributed by atoms with E-state index in [1.54, 1.807) is 6.07 Å². The van der Waals surface area contributed by atoms with E-state index in [1.807, 2.05) is 0 Å². The molecule has 3 rings (SSSR count). The number of hydrogen-bond acceptors (Lipinski definition) is 9. The molecular formula is C18H15N4O8S+. The van der Waals surface area contributed by atoms with Gasteiger partial charge in [0.25, 0.3) is 0 Å². The Balaban J connectivity index is 2.14. The molecule has 0 saturated carbocycles. The molecule has 160 valence electrons. The molecule has 0 atom stereocenters. The van der Waals surface area contributed by atoms with Gasteiger partial charge < -0.3 is 5.11 Å². The number of azo groups is 1. The Labute approximate surface area is 175 Å². The van der Waals surface area contributed by atoms with Crippen molar-refractivity contribution in [2.45, 2.75) is 11.8 Å². The average molecular weight is 447 g/mol. The molecule has 0 aliphatic heterocycles. The minimum Gasteiger partial charge on any atom is -0.505 e. The smallest absolute Gasteiger partial charge is 0.387 e. The number of aromatic hydroxyl groups is 1. The molecular weight excluding hydrogens is 432 g/mol. The lowest BCUT2D eigenvalue weighted by molar-refractivity contribution is -0.276. The average Bonchev–Trinajstić information content (AvgIpc) is 2.67. The Kier molecular flexibility index (Phi) is 5.88. The second-order valence-electron chi connectivity index (χ2n) is 6.22. The summed E-state index contributed by atoms with van der Waals surface area (Å²) in [5.74, 6) is -2.20. The van der Waals surface area contributed by atoms with E-state index in [0.717, 1.165) is 25.1 Å². The topological polar surface area (TPSA) is 193 Å². The van der Waals surface area contributed by atoms with Crippen molar-refractivity contribution in [3.05, 3.63) is 53.9 Å². The molecule has 5 N–H and O–H groups in total. The van der Waals surface area contributed by atoms with Crippen molar-refractivity contribution in [1.29, 1.82) is 0 Å². The van der Waals surface area contributed by atoms with E-state index in [2.05, 4.69) is 15.2 Å². The molecule has 2 aromatic carbocycles. The number of carbonyl (C=O) groups excluding carboxylic acids is 2. The number of nitrogens with zero attached hydrogens (tertiary/aromatic N) is 4. The van der Waals surface area contributed by atoms with Gasteiger partial charge in [0.1, 0.15) is 22.8 Å². The molecule has 31 heavy (non-hydrogen) atoms. The number of phenols is 1. The van der Waals surface area contributed by atoms with Crippen LogP contribution in [0.15, 0.2) is 74.0 Å². The van der Waals surface area contributed by atoms with Gasteiger partial charge in [-0.15, -0.1) is 15.5 Å². The Morgan fingerprint density at radius 1 is 1.06 bits per heavy atom. The number of amides is 1. The molecule has 0 bridgehead atoms. The third kappa shape index (κ3) is 4.60. The lowest BCUT2D eigenvalue weighted by atomic mass is 10.1. The first-order chi connectivity index (χ1) is 14.5. The summed E-state index contributed by atoms with van der Waals surface area (Å²) in [4.78, 5) is 26.8. The van der Waals surface area contributed by atoms with Crippen LogP contribution in [0, 0.1) is 0 Å². The van der Waals surface area contributed by atoms with Crippen LogP contribution in [-0.2, 0) is 24.3 Å². The molecule has 12 nitrogen and oxygen atoms in total. The third-order valence-corrected chi connectivity index (χ3v) is 4.95. The molecule has 0 heterocycles. The molecule has 0 radical (unpaired) electrons. The zero-order valence-corrected chi connectivity index (χ0v) is 16.5. The highest BCUT2D eigenvalue weighted by Crippen LogP contribution is 2.40. The number of rotatable bonds is 4. The summed E-state index contributed by atoms with van der Waals surface area (Å²) < 4.78 is 30.8. The maximum atomic E-state index is 12.4. The van der Waals surface area contributed by atoms with Gasteiger partial charge in [0.15, 0.2) is 0 Å². The highest BCUT2D eigenvalue weighted by Gasteiger charge is 2.31. The molecule has 1 aliphatic rings. The van der Waals surface area contributed by atoms with Gasteiger partial charge in [0.2, 0.25) is 16.6 Å². The number of allylic oxidation sites excluding steroid dienone is 2. The summed E-state index contributed by atoms with van der Waals surface area (Å²) in [6.45, 7) is 1.15. The quantitative estimate of drug-likeness (QED) is 0.203. The number of benzene rings is 2. The summed E-state index contributed by atoms with van der Waals surface area (Å²) in [6.07, 6.45) is 2.02. The van der Waals surface area contributed by atoms with E-state index in [0.29, 0.717) is 0 Å². The van der Waals surface area contributed by atoms with Gasteiger partial charge >= 0.3 is 10.5 Å². The van der Waals surface area contributed by atoms with E-state index in [1.165, 1.54) is 18.2 Å². The van der Waals surface area contributed by atoms with E-state index < -0.39 is 49.5 Å². The molecule has 13 heteroatoms. The lowest BCUT2D eigenvalue weighted by Gasteiger charge is -2.15. The molecule has 0 fully saturated rings. The van der Waals surface area contributed by atoms with Gasteiger partial charge in [-0.25, -0.2) is 4.99 Å². The second kappa shape index (κ2) is 8.25. The fourth-order valence-electron chi connectivity index (χ4n) is 2.80. The van der Waals surface area contributed by atoms with E-state index in [9.17, 15) is 38.4 Å². The normalized spacial score (nSPS) is 16.0. The van der Waals surface area contributed by atoms with Crippen LogP contribution in [0.25, 0.3) is 10.8 Å². The molecule has 0 spiro atoms. The summed E-state index contributed by atoms with van der Waals surface area (Å²) in [7, 11) is -4.41. The zero-order chi connectivity index (χ0) is 22.9. The van der Waals surface area contributed by atoms with Gasteiger partial charge in [0, 0.05) is 23.8 Å². The van der Waals surface area contributed by atoms with E-state index in [-0.39, 0.29) is 22.2 Å². The highest BCUT2D eigenvalue weighted by molar-refractivity contribution is 7.92. The lowest BCUT2D eigenvalue weighted by Crippen LogP contribution is -2.25. The van der Waals surface area contributed by atoms with Crippen LogP contribution < -0.4 is 0 Å². The van der Waals surface area contributed by atoms with Crippen LogP contribution in [0.5, 0.6) is 5.75 Å². The number of phenolic OH excluding ortho intramolecular Hbond substituents is 1. The van der Waals surface area contributed by atoms with Crippen molar-refractivity contribution >= 4 is 44.4 Å². The standard InChI is InChI=1S/C18H14N4O8S/c1-9(23)19-10-6-13(18(25)14(7-10)22(26)27)20-21-17-12-5-3-2-4-11(12)16(8-15(17)24)31(28,29)30/h2-8,26-27H,1H3,(H2-,19,20,23,24,28,29,30)/p+1. The van der Waals surface area contributed by atoms with Crippen molar-refractivity contribution in [1.82, 2.24) is 5.23 Å². The first-order valence-electron chi connectivity index (χ1n) is 8.40. The minimum absolute atomic E-state index is 0.101. The van der Waals surface area contributed by atoms with Crippen molar-refractivity contribution < 1.29 is 38.4 Å². The van der Waals surface area contributed by atoms with Crippen molar-refractivity contribution in [3.63, 3.8) is 0 Å². The van der Waals surface area contributed by atoms with E-state index in [4.69, 9.17) is 0 Å². The van der Waals surface area contributed by atoms with Gasteiger partial charge in [-0.05, 0) is 22.4 Å². The molecule has 1 amide bonds. The number of carbonyl (C=O) groups is 2. The van der Waals surface area contributed by atoms with Crippen LogP contribution in [-0.4, -0.2) is 47.3 Å². The second-order valence-corrected chi connectivity index (χ2v) is 7.65. The van der Waals surface area contributed by atoms with Crippen LogP contribution in [0.3, 0.4) is 0 Å². The Hall–Kier alpha value is -3.62. The molecule has 2 aromatic rings. The van der Waals surface area contributed by atoms with Gasteiger partial charge in [-0.1, -0.05) is 18.2 Å². The fraction of sp³-hybridized carbons (Fsp3) is 0.0556. The summed E-state index contributed by atoms with van der Waals surface area (Å²) in [5.41, 5.74) is -1.39. The fourth-order valence-corrected chi connectivity index (χ4v) is 3.52. The minimum atomic E-state index is -4.41. The number of ketones is 1. The number of hydroxylamine groups is 2. The van der Waals surface area contributed by atoms with Gasteiger partial charge in [-0.3, -0.25) is 20.0 Å². The summed E-state index contributed by atoms with van der Waals surface area (Å²) in [5, 5.41) is 36.1. The number of Topliss-reactive ketones (excluding diaryl/α,β-unsaturated/α-hetero) is 1. The van der Waals surface area contributed by atoms with Gasteiger partial charge in [0.05, 0.1) is 5.71 Å². The number of aliphatic imine (C=N–C) groups is 1. The first kappa shape index (κ1) is 22.1. The van der Waals surface area contributed by atoms with Crippen LogP contribution >= 0.6 is 0 Å². The van der Waals surface area contributed by atoms with Crippen molar-refractivity contribution in [2.24, 2.45) is 15.2 Å². The first-order valence-corrected chi connectivity index (χ1v) is 9.87. The Morgan fingerprint density at radius 3 is 2.29 bits per heavy atom. The summed E-state index contributed by atoms with van der Waals surface area (Å²) in [6, 6.07) is 6.76. The molecule has 0 unspecified atom stereocenters. The number of fused-ring (bicyclic) bond motifs is 1. The monoisotopic (exact) mass is 447 g/mol. The zero-order valence-electron chi connectivity index (χ0n) is 15.7. The SMILES string of the molecule is CC(=O)N=C1C=C(N=Nc2c(O)cc([S+](=O)(O)O)c3ccccc23)C(=O)C(N(O)O)=C1. The summed E-state index contributed by atoms with van der Waals surface area (Å²) >= 11 is 0. The van der Waals surface area contributed by atoms with Crippen molar-refractivity contribution in [2.75, 3.05) is 0 Å². The van der Waals surface area contributed by atoms with Crippen molar-refractivity contribution in [3.8, 4) is 5.75 Å². The van der Waals surface area contributed by atoms with Crippen LogP contribution in [0.2, 0.25) is 0 Å². The highest BCUT2D eigenvalue weighted by atomic mass is 32.3. The maximum absolute atomic E-state index is 12.4. The predicted octanol–water partition coefficient (Wildman–Crippen LogP) is 2.85. The Morgan fingerprint density at radius 2 is 1.71 bits per heavy atom. The molecule has 1 aliphatic carbocycles. The van der Waals surface area contributed by atoms with Crippen LogP contribution in [0.1, 0.15) is 6.92 Å². The molecule has 0 aromatic heterocycles. The molecule has 0 saturated heterocycles. The third-order valence-electron chi connectivity index (χ3n) is 4.04. The Bertz CT molecular complexity index is 1270. The van der Waals surface area contributed by atoms with E-state index >= 15 is 0 Å².